The van der Waals surface area contributed by atoms with Crippen LogP contribution < -0.4 is 10.6 Å². The predicted molar refractivity (Wildman–Crippen MR) is 168 cm³/mol. The zero-order valence-electron chi connectivity index (χ0n) is 26.4. The second-order valence-corrected chi connectivity index (χ2v) is 14.6. The fourth-order valence-corrected chi connectivity index (χ4v) is 6.10. The Morgan fingerprint density at radius 2 is 1.61 bits per heavy atom. The Kier molecular flexibility index (Phi) is 12.1. The second kappa shape index (κ2) is 14.9. The first-order valence-corrected chi connectivity index (χ1v) is 16.7. The van der Waals surface area contributed by atoms with Gasteiger partial charge in [-0.3, -0.25) is 9.59 Å². The molecule has 1 saturated heterocycles. The zero-order valence-corrected chi connectivity index (χ0v) is 27.2. The third kappa shape index (κ3) is 9.56. The van der Waals surface area contributed by atoms with Crippen molar-refractivity contribution in [2.75, 3.05) is 33.4 Å². The summed E-state index contributed by atoms with van der Waals surface area (Å²) in [6, 6.07) is 13.4. The molecule has 0 radical (unpaired) electrons. The summed E-state index contributed by atoms with van der Waals surface area (Å²) >= 11 is 0. The largest absolute Gasteiger partial charge is 0.387 e. The number of hydrogen-bond acceptors (Lipinski definition) is 9. The van der Waals surface area contributed by atoms with Crippen LogP contribution in [0.2, 0.25) is 0 Å². The molecule has 5 atom stereocenters. The van der Waals surface area contributed by atoms with E-state index in [1.807, 2.05) is 62.3 Å². The van der Waals surface area contributed by atoms with Crippen molar-refractivity contribution in [3.63, 3.8) is 0 Å². The lowest BCUT2D eigenvalue weighted by atomic mass is 9.91. The van der Waals surface area contributed by atoms with Crippen molar-refractivity contribution < 1.29 is 38.1 Å². The lowest BCUT2D eigenvalue weighted by Gasteiger charge is -2.40. The van der Waals surface area contributed by atoms with Crippen LogP contribution in [0.15, 0.2) is 42.5 Å². The van der Waals surface area contributed by atoms with E-state index in [2.05, 4.69) is 10.6 Å². The van der Waals surface area contributed by atoms with Gasteiger partial charge in [0.2, 0.25) is 11.8 Å². The van der Waals surface area contributed by atoms with Gasteiger partial charge in [0.1, 0.15) is 30.0 Å². The fourth-order valence-electron chi connectivity index (χ4n) is 5.11. The molecule has 1 aliphatic rings. The van der Waals surface area contributed by atoms with Gasteiger partial charge in [-0.05, 0) is 81.9 Å². The minimum atomic E-state index is -3.86. The Morgan fingerprint density at radius 3 is 2.23 bits per heavy atom. The number of benzene rings is 2. The summed E-state index contributed by atoms with van der Waals surface area (Å²) in [5.41, 5.74) is 1.88. The van der Waals surface area contributed by atoms with E-state index in [-0.39, 0.29) is 11.8 Å². The van der Waals surface area contributed by atoms with Crippen LogP contribution in [0.4, 0.5) is 0 Å². The Hall–Kier alpha value is -2.87. The number of ether oxygens (including phenoxy) is 1. The van der Waals surface area contributed by atoms with Crippen LogP contribution in [0.3, 0.4) is 0 Å². The van der Waals surface area contributed by atoms with E-state index in [0.717, 1.165) is 28.5 Å². The molecule has 0 aliphatic carbocycles. The molecule has 0 aromatic heterocycles. The molecular formula is C32H47N3O8S. The Labute approximate surface area is 260 Å². The quantitative estimate of drug-likeness (QED) is 0.216. The van der Waals surface area contributed by atoms with Gasteiger partial charge in [-0.1, -0.05) is 42.5 Å². The van der Waals surface area contributed by atoms with Gasteiger partial charge in [-0.15, -0.1) is 0 Å². The SMILES string of the molecule is Cc1ccc([C@@H]2O[C@H](S(C)(=O)=O)[C@@H](O)[C@H](O)[C@H]2O)cc1Cc1ccc(CCCC(=O)NC(C)(C)C(=O)NCCN(C)C)cc1. The number of likely N-dealkylation sites (N-methyl/N-ethyl adjacent to an activating group) is 1. The van der Waals surface area contributed by atoms with Crippen molar-refractivity contribution >= 4 is 21.7 Å². The number of aliphatic hydroxyl groups is 3. The van der Waals surface area contributed by atoms with E-state index >= 15 is 0 Å². The summed E-state index contributed by atoms with van der Waals surface area (Å²) in [6.45, 7) is 6.55. The highest BCUT2D eigenvalue weighted by Gasteiger charge is 2.48. The molecule has 2 aromatic rings. The van der Waals surface area contributed by atoms with E-state index in [1.165, 1.54) is 0 Å². The van der Waals surface area contributed by atoms with Crippen molar-refractivity contribution in [3.8, 4) is 0 Å². The molecule has 2 aromatic carbocycles. The highest BCUT2D eigenvalue weighted by Crippen LogP contribution is 2.35. The van der Waals surface area contributed by atoms with Gasteiger partial charge >= 0.3 is 0 Å². The van der Waals surface area contributed by atoms with Gasteiger partial charge in [-0.25, -0.2) is 8.42 Å². The van der Waals surface area contributed by atoms with E-state index in [1.54, 1.807) is 19.9 Å². The summed E-state index contributed by atoms with van der Waals surface area (Å²) in [7, 11) is -0.00633. The third-order valence-corrected chi connectivity index (χ3v) is 9.08. The average molecular weight is 634 g/mol. The Balaban J connectivity index is 1.57. The van der Waals surface area contributed by atoms with Crippen molar-refractivity contribution in [1.29, 1.82) is 0 Å². The standard InChI is InChI=1S/C32H47N3O8S/c1-20-10-15-23(29-27(38)26(37)28(39)30(43-29)44(6,41)42)19-24(20)18-22-13-11-21(12-14-22)8-7-9-25(36)34-32(2,3)31(40)33-16-17-35(4)5/h10-15,19,26-30,37-39H,7-9,16-18H2,1-6H3,(H,33,40)(H,34,36)/t26-,27-,28+,29+,30-/m1/s1. The summed E-state index contributed by atoms with van der Waals surface area (Å²) in [6.07, 6.45) is -2.97. The lowest BCUT2D eigenvalue weighted by Crippen LogP contribution is -2.56. The Morgan fingerprint density at radius 1 is 0.977 bits per heavy atom. The maximum Gasteiger partial charge on any atom is 0.245 e. The van der Waals surface area contributed by atoms with Gasteiger partial charge in [0.05, 0.1) is 0 Å². The highest BCUT2D eigenvalue weighted by atomic mass is 32.2. The Bertz CT molecular complexity index is 1390. The normalized spacial score (nSPS) is 22.5. The van der Waals surface area contributed by atoms with Gasteiger partial charge in [0.15, 0.2) is 15.3 Å². The van der Waals surface area contributed by atoms with E-state index in [0.29, 0.717) is 44.3 Å². The molecule has 0 unspecified atom stereocenters. The van der Waals surface area contributed by atoms with Crippen LogP contribution in [0, 0.1) is 6.92 Å². The fraction of sp³-hybridized carbons (Fsp3) is 0.562. The summed E-state index contributed by atoms with van der Waals surface area (Å²) in [5.74, 6) is -0.400. The molecule has 1 fully saturated rings. The van der Waals surface area contributed by atoms with E-state index in [4.69, 9.17) is 4.74 Å². The number of aryl methyl sites for hydroxylation is 2. The summed E-state index contributed by atoms with van der Waals surface area (Å²) < 4.78 is 29.9. The molecule has 2 amide bonds. The second-order valence-electron chi connectivity index (χ2n) is 12.5. The van der Waals surface area contributed by atoms with Crippen molar-refractivity contribution in [2.24, 2.45) is 0 Å². The molecule has 12 heteroatoms. The molecule has 5 N–H and O–H groups in total. The van der Waals surface area contributed by atoms with Gasteiger partial charge in [0, 0.05) is 25.8 Å². The minimum absolute atomic E-state index is 0.179. The monoisotopic (exact) mass is 633 g/mol. The van der Waals surface area contributed by atoms with Crippen LogP contribution >= 0.6 is 0 Å². The molecule has 1 heterocycles. The number of nitrogens with one attached hydrogen (secondary N) is 2. The van der Waals surface area contributed by atoms with Crippen molar-refractivity contribution in [2.45, 2.75) is 81.8 Å². The van der Waals surface area contributed by atoms with E-state index in [9.17, 15) is 33.3 Å². The highest BCUT2D eigenvalue weighted by molar-refractivity contribution is 7.91. The van der Waals surface area contributed by atoms with Gasteiger partial charge < -0.3 is 35.6 Å². The number of rotatable bonds is 13. The minimum Gasteiger partial charge on any atom is -0.387 e. The molecule has 244 valence electrons. The first-order valence-electron chi connectivity index (χ1n) is 14.8. The molecule has 0 spiro atoms. The number of nitrogens with zero attached hydrogens (tertiary/aromatic N) is 1. The molecule has 44 heavy (non-hydrogen) atoms. The number of amides is 2. The summed E-state index contributed by atoms with van der Waals surface area (Å²) in [4.78, 5) is 26.9. The van der Waals surface area contributed by atoms with Gasteiger partial charge in [-0.2, -0.15) is 0 Å². The van der Waals surface area contributed by atoms with Crippen molar-refractivity contribution in [3.05, 3.63) is 70.3 Å². The van der Waals surface area contributed by atoms with Crippen molar-refractivity contribution in [1.82, 2.24) is 15.5 Å². The number of aliphatic hydroxyl groups excluding tert-OH is 3. The maximum absolute atomic E-state index is 12.5. The molecule has 0 saturated carbocycles. The number of sulfone groups is 1. The predicted octanol–water partition coefficient (Wildman–Crippen LogP) is 1.01. The molecule has 0 bridgehead atoms. The first-order chi connectivity index (χ1) is 20.5. The topological polar surface area (TPSA) is 166 Å². The molecular weight excluding hydrogens is 586 g/mol. The molecule has 3 rings (SSSR count). The number of hydrogen-bond donors (Lipinski definition) is 5. The maximum atomic E-state index is 12.5. The average Bonchev–Trinajstić information content (AvgIpc) is 2.93. The van der Waals surface area contributed by atoms with Crippen LogP contribution in [0.5, 0.6) is 0 Å². The third-order valence-electron chi connectivity index (χ3n) is 7.84. The van der Waals surface area contributed by atoms with Gasteiger partial charge in [0.25, 0.3) is 0 Å². The number of carbonyl (C=O) groups excluding carboxylic acids is 2. The molecule has 11 nitrogen and oxygen atoms in total. The van der Waals surface area contributed by atoms with Crippen LogP contribution in [0.25, 0.3) is 0 Å². The van der Waals surface area contributed by atoms with E-state index < -0.39 is 45.2 Å². The lowest BCUT2D eigenvalue weighted by molar-refractivity contribution is -0.202. The first kappa shape index (κ1) is 35.6. The smallest absolute Gasteiger partial charge is 0.245 e. The van der Waals surface area contributed by atoms with Crippen LogP contribution in [0.1, 0.15) is 60.6 Å². The molecule has 1 aliphatic heterocycles. The zero-order chi connectivity index (χ0) is 32.8. The summed E-state index contributed by atoms with van der Waals surface area (Å²) in [5, 5.41) is 36.7. The van der Waals surface area contributed by atoms with Crippen LogP contribution in [-0.4, -0.2) is 103 Å². The number of carbonyl (C=O) groups is 2. The van der Waals surface area contributed by atoms with Crippen LogP contribution in [-0.2, 0) is 37.0 Å².